The van der Waals surface area contributed by atoms with E-state index in [-0.39, 0.29) is 18.4 Å². The van der Waals surface area contributed by atoms with E-state index >= 15 is 0 Å². The maximum atomic E-state index is 13.2. The molecule has 1 unspecified atom stereocenters. The van der Waals surface area contributed by atoms with Crippen LogP contribution in [0, 0.1) is 0 Å². The molecule has 0 radical (unpaired) electrons. The standard InChI is InChI=1S/C22H23F3N2O/c1-14(2)26-21(28)12-18(15-7-6-8-16(11-15)22(23,24)25)19-13-27(3)20-10-5-4-9-17(19)20/h4-11,13-14,18H,12H2,1-3H3,(H,26,28). The summed E-state index contributed by atoms with van der Waals surface area (Å²) >= 11 is 0. The minimum absolute atomic E-state index is 0.0397. The molecule has 28 heavy (non-hydrogen) atoms. The molecule has 1 heterocycles. The molecule has 2 aromatic carbocycles. The highest BCUT2D eigenvalue weighted by Gasteiger charge is 2.32. The van der Waals surface area contributed by atoms with Crippen molar-refractivity contribution in [2.24, 2.45) is 7.05 Å². The Hall–Kier alpha value is -2.76. The van der Waals surface area contributed by atoms with Crippen LogP contribution in [0.1, 0.15) is 42.9 Å². The Balaban J connectivity index is 2.11. The molecule has 1 aromatic heterocycles. The SMILES string of the molecule is CC(C)NC(=O)CC(c1cccc(C(F)(F)F)c1)c1cn(C)c2ccccc12. The Bertz CT molecular complexity index is 989. The average molecular weight is 388 g/mol. The number of nitrogens with zero attached hydrogens (tertiary/aromatic N) is 1. The summed E-state index contributed by atoms with van der Waals surface area (Å²) in [5.74, 6) is -0.669. The molecule has 0 aliphatic heterocycles. The van der Waals surface area contributed by atoms with Crippen molar-refractivity contribution >= 4 is 16.8 Å². The van der Waals surface area contributed by atoms with E-state index in [9.17, 15) is 18.0 Å². The van der Waals surface area contributed by atoms with Crippen molar-refractivity contribution in [1.82, 2.24) is 9.88 Å². The molecule has 3 rings (SSSR count). The Kier molecular flexibility index (Phi) is 5.49. The van der Waals surface area contributed by atoms with E-state index in [0.717, 1.165) is 28.6 Å². The molecule has 1 amide bonds. The van der Waals surface area contributed by atoms with E-state index in [1.165, 1.54) is 6.07 Å². The molecular formula is C22H23F3N2O. The number of carbonyl (C=O) groups is 1. The molecule has 1 N–H and O–H groups in total. The van der Waals surface area contributed by atoms with Crippen LogP contribution in [0.5, 0.6) is 0 Å². The molecule has 0 fully saturated rings. The smallest absolute Gasteiger partial charge is 0.354 e. The van der Waals surface area contributed by atoms with Gasteiger partial charge in [0, 0.05) is 42.5 Å². The first-order chi connectivity index (χ1) is 13.2. The van der Waals surface area contributed by atoms with E-state index in [1.807, 2.05) is 55.9 Å². The Morgan fingerprint density at radius 3 is 2.50 bits per heavy atom. The number of amides is 1. The summed E-state index contributed by atoms with van der Waals surface area (Å²) < 4.78 is 41.7. The van der Waals surface area contributed by atoms with Gasteiger partial charge in [-0.3, -0.25) is 4.79 Å². The third-order valence-corrected chi connectivity index (χ3v) is 4.76. The van der Waals surface area contributed by atoms with Crippen LogP contribution in [-0.2, 0) is 18.0 Å². The van der Waals surface area contributed by atoms with Gasteiger partial charge in [-0.05, 0) is 37.1 Å². The monoisotopic (exact) mass is 388 g/mol. The Morgan fingerprint density at radius 2 is 1.82 bits per heavy atom. The van der Waals surface area contributed by atoms with Gasteiger partial charge >= 0.3 is 6.18 Å². The fourth-order valence-electron chi connectivity index (χ4n) is 3.56. The maximum absolute atomic E-state index is 13.2. The van der Waals surface area contributed by atoms with Gasteiger partial charge in [0.05, 0.1) is 5.56 Å². The normalized spacial score (nSPS) is 13.1. The number of fused-ring (bicyclic) bond motifs is 1. The highest BCUT2D eigenvalue weighted by atomic mass is 19.4. The lowest BCUT2D eigenvalue weighted by Gasteiger charge is -2.19. The number of hydrogen-bond donors (Lipinski definition) is 1. The van der Waals surface area contributed by atoms with Gasteiger partial charge in [-0.2, -0.15) is 13.2 Å². The summed E-state index contributed by atoms with van der Waals surface area (Å²) in [7, 11) is 1.89. The highest BCUT2D eigenvalue weighted by Crippen LogP contribution is 2.37. The number of carbonyl (C=O) groups excluding carboxylic acids is 1. The second kappa shape index (κ2) is 7.70. The third-order valence-electron chi connectivity index (χ3n) is 4.76. The number of rotatable bonds is 5. The van der Waals surface area contributed by atoms with Crippen molar-refractivity contribution in [3.63, 3.8) is 0 Å². The van der Waals surface area contributed by atoms with Crippen molar-refractivity contribution in [1.29, 1.82) is 0 Å². The summed E-state index contributed by atoms with van der Waals surface area (Å²) in [6, 6.07) is 12.9. The first kappa shape index (κ1) is 20.0. The van der Waals surface area contributed by atoms with Crippen LogP contribution in [0.3, 0.4) is 0 Å². The van der Waals surface area contributed by atoms with Crippen LogP contribution < -0.4 is 5.32 Å². The molecule has 0 saturated heterocycles. The fraction of sp³-hybridized carbons (Fsp3) is 0.318. The number of nitrogens with one attached hydrogen (secondary N) is 1. The number of alkyl halides is 3. The van der Waals surface area contributed by atoms with Crippen LogP contribution in [0.25, 0.3) is 10.9 Å². The minimum Gasteiger partial charge on any atom is -0.354 e. The summed E-state index contributed by atoms with van der Waals surface area (Å²) in [5, 5.41) is 3.78. The Labute approximate surface area is 162 Å². The second-order valence-corrected chi connectivity index (χ2v) is 7.31. The molecule has 0 aliphatic rings. The van der Waals surface area contributed by atoms with Crippen molar-refractivity contribution in [2.75, 3.05) is 0 Å². The lowest BCUT2D eigenvalue weighted by Crippen LogP contribution is -2.31. The van der Waals surface area contributed by atoms with Gasteiger partial charge in [0.25, 0.3) is 0 Å². The number of hydrogen-bond acceptors (Lipinski definition) is 1. The molecule has 6 heteroatoms. The summed E-state index contributed by atoms with van der Waals surface area (Å²) in [4.78, 5) is 12.5. The van der Waals surface area contributed by atoms with Crippen molar-refractivity contribution in [3.05, 3.63) is 71.4 Å². The van der Waals surface area contributed by atoms with E-state index in [2.05, 4.69) is 5.32 Å². The zero-order valence-corrected chi connectivity index (χ0v) is 16.0. The average Bonchev–Trinajstić information content (AvgIpc) is 2.95. The molecule has 0 bridgehead atoms. The lowest BCUT2D eigenvalue weighted by molar-refractivity contribution is -0.137. The maximum Gasteiger partial charge on any atom is 0.416 e. The minimum atomic E-state index is -4.43. The first-order valence-electron chi connectivity index (χ1n) is 9.17. The summed E-state index contributed by atoms with van der Waals surface area (Å²) in [6.45, 7) is 3.71. The van der Waals surface area contributed by atoms with Gasteiger partial charge in [-0.25, -0.2) is 0 Å². The van der Waals surface area contributed by atoms with Gasteiger partial charge in [0.2, 0.25) is 5.91 Å². The quantitative estimate of drug-likeness (QED) is 0.637. The summed E-state index contributed by atoms with van der Waals surface area (Å²) in [5.41, 5.74) is 1.58. The number of benzene rings is 2. The highest BCUT2D eigenvalue weighted by molar-refractivity contribution is 5.86. The van der Waals surface area contributed by atoms with Crippen molar-refractivity contribution in [3.8, 4) is 0 Å². The molecule has 3 aromatic rings. The number of para-hydroxylation sites is 1. The van der Waals surface area contributed by atoms with E-state index in [4.69, 9.17) is 0 Å². The largest absolute Gasteiger partial charge is 0.416 e. The van der Waals surface area contributed by atoms with Crippen LogP contribution in [0.2, 0.25) is 0 Å². The van der Waals surface area contributed by atoms with Gasteiger partial charge in [-0.1, -0.05) is 36.4 Å². The first-order valence-corrected chi connectivity index (χ1v) is 9.17. The van der Waals surface area contributed by atoms with E-state index in [0.29, 0.717) is 5.56 Å². The third kappa shape index (κ3) is 4.21. The molecule has 0 spiro atoms. The summed E-state index contributed by atoms with van der Waals surface area (Å²) in [6.07, 6.45) is -2.45. The van der Waals surface area contributed by atoms with Gasteiger partial charge in [0.1, 0.15) is 0 Å². The number of halogens is 3. The van der Waals surface area contributed by atoms with Gasteiger partial charge < -0.3 is 9.88 Å². The lowest BCUT2D eigenvalue weighted by atomic mass is 9.87. The topological polar surface area (TPSA) is 34.0 Å². The van der Waals surface area contributed by atoms with Crippen LogP contribution in [0.4, 0.5) is 13.2 Å². The fourth-order valence-corrected chi connectivity index (χ4v) is 3.56. The van der Waals surface area contributed by atoms with Crippen LogP contribution in [0.15, 0.2) is 54.7 Å². The molecule has 0 saturated carbocycles. The Morgan fingerprint density at radius 1 is 1.11 bits per heavy atom. The second-order valence-electron chi connectivity index (χ2n) is 7.31. The molecule has 1 atom stereocenters. The van der Waals surface area contributed by atoms with Crippen LogP contribution >= 0.6 is 0 Å². The molecule has 148 valence electrons. The van der Waals surface area contributed by atoms with E-state index in [1.54, 1.807) is 6.07 Å². The number of aryl methyl sites for hydroxylation is 1. The van der Waals surface area contributed by atoms with Crippen LogP contribution in [-0.4, -0.2) is 16.5 Å². The molecule has 0 aliphatic carbocycles. The zero-order chi connectivity index (χ0) is 20.5. The zero-order valence-electron chi connectivity index (χ0n) is 16.0. The molecular weight excluding hydrogens is 365 g/mol. The van der Waals surface area contributed by atoms with Crippen molar-refractivity contribution < 1.29 is 18.0 Å². The van der Waals surface area contributed by atoms with Crippen molar-refractivity contribution in [2.45, 2.75) is 38.4 Å². The van der Waals surface area contributed by atoms with Gasteiger partial charge in [-0.15, -0.1) is 0 Å². The molecule has 3 nitrogen and oxygen atoms in total. The van der Waals surface area contributed by atoms with Gasteiger partial charge in [0.15, 0.2) is 0 Å². The predicted molar refractivity (Wildman–Crippen MR) is 104 cm³/mol. The van der Waals surface area contributed by atoms with E-state index < -0.39 is 17.7 Å². The number of aromatic nitrogens is 1. The predicted octanol–water partition coefficient (Wildman–Crippen LogP) is 5.24.